The van der Waals surface area contributed by atoms with Crippen LogP contribution in [0, 0.1) is 0 Å². The Balaban J connectivity index is 1.33. The van der Waals surface area contributed by atoms with Gasteiger partial charge in [0.05, 0.1) is 18.8 Å². The molecule has 5 rings (SSSR count). The van der Waals surface area contributed by atoms with Crippen LogP contribution in [0.4, 0.5) is 0 Å². The molecule has 0 amide bonds. The molecule has 204 valence electrons. The Labute approximate surface area is 215 Å². The van der Waals surface area contributed by atoms with E-state index in [0.29, 0.717) is 0 Å². The largest absolute Gasteiger partial charge is 0.504 e. The molecule has 0 aromatic heterocycles. The first-order valence-electron chi connectivity index (χ1n) is 11.8. The van der Waals surface area contributed by atoms with Crippen LogP contribution in [-0.2, 0) is 14.2 Å². The molecule has 2 aromatic carbocycles. The van der Waals surface area contributed by atoms with Crippen LogP contribution in [0.1, 0.15) is 31.8 Å². The zero-order chi connectivity index (χ0) is 27.3. The Morgan fingerprint density at radius 2 is 1.42 bits per heavy atom. The van der Waals surface area contributed by atoms with Gasteiger partial charge in [0.2, 0.25) is 6.29 Å². The highest BCUT2D eigenvalue weighted by molar-refractivity contribution is 6.29. The fraction of sp³-hybridized carbons (Fsp3) is 0.440. The highest BCUT2D eigenvalue weighted by Crippen LogP contribution is 2.40. The van der Waals surface area contributed by atoms with Crippen LogP contribution < -0.4 is 4.74 Å². The lowest BCUT2D eigenvalue weighted by atomic mass is 9.83. The van der Waals surface area contributed by atoms with Gasteiger partial charge in [-0.25, -0.2) is 0 Å². The summed E-state index contributed by atoms with van der Waals surface area (Å²) >= 11 is 0. The average molecular weight is 534 g/mol. The molecule has 2 saturated heterocycles. The van der Waals surface area contributed by atoms with Crippen molar-refractivity contribution in [3.05, 3.63) is 58.7 Å². The minimum atomic E-state index is -1.80. The SMILES string of the molecule is O=C1c2ccccc2C(=O)c2c1ccc(OC1OC(COC3OCC(O)C(O)C3O)C(O)C(O)C1O)c2O. The van der Waals surface area contributed by atoms with E-state index in [9.17, 15) is 45.3 Å². The van der Waals surface area contributed by atoms with Gasteiger partial charge in [-0.1, -0.05) is 24.3 Å². The Morgan fingerprint density at radius 3 is 2.13 bits per heavy atom. The summed E-state index contributed by atoms with van der Waals surface area (Å²) in [7, 11) is 0. The van der Waals surface area contributed by atoms with Crippen LogP contribution >= 0.6 is 0 Å². The highest BCUT2D eigenvalue weighted by atomic mass is 16.7. The second-order valence-corrected chi connectivity index (χ2v) is 9.25. The molecular formula is C25H26O13. The van der Waals surface area contributed by atoms with Crippen molar-refractivity contribution in [2.45, 2.75) is 55.3 Å². The smallest absolute Gasteiger partial charge is 0.229 e. The van der Waals surface area contributed by atoms with E-state index in [1.165, 1.54) is 24.3 Å². The summed E-state index contributed by atoms with van der Waals surface area (Å²) < 4.78 is 21.6. The van der Waals surface area contributed by atoms with Crippen molar-refractivity contribution in [2.24, 2.45) is 0 Å². The van der Waals surface area contributed by atoms with Crippen LogP contribution in [0.2, 0.25) is 0 Å². The van der Waals surface area contributed by atoms with Crippen molar-refractivity contribution in [2.75, 3.05) is 13.2 Å². The lowest BCUT2D eigenvalue weighted by Crippen LogP contribution is -2.61. The molecule has 38 heavy (non-hydrogen) atoms. The number of phenolic OH excluding ortho intramolecular Hbond substituents is 1. The molecule has 13 heteroatoms. The highest BCUT2D eigenvalue weighted by Gasteiger charge is 2.47. The predicted octanol–water partition coefficient (Wildman–Crippen LogP) is -2.19. The molecule has 0 spiro atoms. The zero-order valence-electron chi connectivity index (χ0n) is 19.7. The van der Waals surface area contributed by atoms with Gasteiger partial charge in [0.15, 0.2) is 29.4 Å². The van der Waals surface area contributed by atoms with Gasteiger partial charge in [-0.3, -0.25) is 9.59 Å². The lowest BCUT2D eigenvalue weighted by Gasteiger charge is -2.41. The summed E-state index contributed by atoms with van der Waals surface area (Å²) in [6.45, 7) is -0.831. The Hall–Kier alpha value is -2.98. The number of aliphatic hydroxyl groups is 6. The van der Waals surface area contributed by atoms with E-state index in [1.54, 1.807) is 12.1 Å². The fourth-order valence-corrected chi connectivity index (χ4v) is 4.64. The van der Waals surface area contributed by atoms with Gasteiger partial charge < -0.3 is 54.7 Å². The number of hydrogen-bond donors (Lipinski definition) is 7. The molecule has 0 radical (unpaired) electrons. The standard InChI is InChI=1S/C25H26O13/c26-12-7-35-24(22(33)18(12)29)36-8-14-20(31)21(32)23(34)25(38-14)37-13-6-5-11-15(19(13)30)17(28)10-4-2-1-3-9(10)16(11)27/h1-6,12,14,18,20-26,29-34H,7-8H2. The normalized spacial score (nSPS) is 34.9. The van der Waals surface area contributed by atoms with Crippen LogP contribution in [-0.4, -0.2) is 116 Å². The first kappa shape index (κ1) is 26.6. The molecule has 2 heterocycles. The van der Waals surface area contributed by atoms with Gasteiger partial charge in [0.1, 0.15) is 42.7 Å². The van der Waals surface area contributed by atoms with Crippen molar-refractivity contribution in [1.29, 1.82) is 0 Å². The molecule has 2 fully saturated rings. The number of aliphatic hydroxyl groups excluding tert-OH is 6. The lowest BCUT2D eigenvalue weighted by molar-refractivity contribution is -0.307. The van der Waals surface area contributed by atoms with E-state index >= 15 is 0 Å². The Bertz CT molecular complexity index is 1230. The molecule has 13 nitrogen and oxygen atoms in total. The average Bonchev–Trinajstić information content (AvgIpc) is 2.91. The molecular weight excluding hydrogens is 508 g/mol. The maximum atomic E-state index is 13.0. The summed E-state index contributed by atoms with van der Waals surface area (Å²) in [6.07, 6.45) is -14.1. The van der Waals surface area contributed by atoms with Crippen molar-refractivity contribution >= 4 is 11.6 Å². The Kier molecular flexibility index (Phi) is 7.21. The summed E-state index contributed by atoms with van der Waals surface area (Å²) in [4.78, 5) is 25.9. The number of phenols is 1. The van der Waals surface area contributed by atoms with Crippen molar-refractivity contribution in [3.8, 4) is 11.5 Å². The van der Waals surface area contributed by atoms with E-state index in [2.05, 4.69) is 0 Å². The minimum absolute atomic E-state index is 0.0382. The van der Waals surface area contributed by atoms with Gasteiger partial charge in [0.25, 0.3) is 0 Å². The number of hydrogen-bond acceptors (Lipinski definition) is 13. The molecule has 1 aliphatic carbocycles. The quantitative estimate of drug-likeness (QED) is 0.186. The first-order chi connectivity index (χ1) is 18.1. The molecule has 2 aliphatic heterocycles. The number of ether oxygens (including phenoxy) is 4. The third kappa shape index (κ3) is 4.47. The summed E-state index contributed by atoms with van der Waals surface area (Å²) in [5.41, 5.74) is -0.0325. The molecule has 0 saturated carbocycles. The number of rotatable bonds is 5. The van der Waals surface area contributed by atoms with Gasteiger partial charge in [-0.15, -0.1) is 0 Å². The second-order valence-electron chi connectivity index (χ2n) is 9.25. The molecule has 7 N–H and O–H groups in total. The van der Waals surface area contributed by atoms with Gasteiger partial charge >= 0.3 is 0 Å². The van der Waals surface area contributed by atoms with Crippen LogP contribution in [0.25, 0.3) is 0 Å². The van der Waals surface area contributed by atoms with Gasteiger partial charge in [-0.2, -0.15) is 0 Å². The van der Waals surface area contributed by atoms with Crippen molar-refractivity contribution in [1.82, 2.24) is 0 Å². The molecule has 9 unspecified atom stereocenters. The van der Waals surface area contributed by atoms with Crippen molar-refractivity contribution < 1.29 is 64.3 Å². The monoisotopic (exact) mass is 534 g/mol. The second kappa shape index (κ2) is 10.3. The third-order valence-corrected chi connectivity index (χ3v) is 6.82. The summed E-state index contributed by atoms with van der Waals surface area (Å²) in [5, 5.41) is 71.3. The maximum Gasteiger partial charge on any atom is 0.229 e. The number of aromatic hydroxyl groups is 1. The number of fused-ring (bicyclic) bond motifs is 2. The molecule has 9 atom stereocenters. The van der Waals surface area contributed by atoms with Crippen molar-refractivity contribution in [3.63, 3.8) is 0 Å². The van der Waals surface area contributed by atoms with Gasteiger partial charge in [0, 0.05) is 16.7 Å². The van der Waals surface area contributed by atoms with E-state index in [4.69, 9.17) is 18.9 Å². The Morgan fingerprint density at radius 1 is 0.763 bits per heavy atom. The van der Waals surface area contributed by atoms with E-state index < -0.39 is 79.2 Å². The number of benzene rings is 2. The predicted molar refractivity (Wildman–Crippen MR) is 122 cm³/mol. The zero-order valence-corrected chi connectivity index (χ0v) is 19.7. The van der Waals surface area contributed by atoms with E-state index in [1.807, 2.05) is 0 Å². The fourth-order valence-electron chi connectivity index (χ4n) is 4.64. The summed E-state index contributed by atoms with van der Waals surface area (Å²) in [5.74, 6) is -2.08. The van der Waals surface area contributed by atoms with Crippen LogP contribution in [0.3, 0.4) is 0 Å². The van der Waals surface area contributed by atoms with Gasteiger partial charge in [-0.05, 0) is 12.1 Å². The molecule has 3 aliphatic rings. The third-order valence-electron chi connectivity index (χ3n) is 6.82. The number of ketones is 2. The van der Waals surface area contributed by atoms with Crippen LogP contribution in [0.5, 0.6) is 11.5 Å². The van der Waals surface area contributed by atoms with Crippen LogP contribution in [0.15, 0.2) is 36.4 Å². The minimum Gasteiger partial charge on any atom is -0.504 e. The molecule has 2 aromatic rings. The summed E-state index contributed by atoms with van der Waals surface area (Å²) in [6, 6.07) is 8.62. The van der Waals surface area contributed by atoms with E-state index in [-0.39, 0.29) is 34.6 Å². The van der Waals surface area contributed by atoms with E-state index in [0.717, 1.165) is 0 Å². The number of carbonyl (C=O) groups is 2. The topological polar surface area (TPSA) is 213 Å². The first-order valence-corrected chi connectivity index (χ1v) is 11.8. The maximum absolute atomic E-state index is 13.0. The molecule has 0 bridgehead atoms. The number of carbonyl (C=O) groups excluding carboxylic acids is 2.